The molecule has 0 spiro atoms. The molecule has 2 rings (SSSR count). The molecular weight excluding hydrogens is 280 g/mol. The molecule has 1 nitrogen and oxygen atoms in total. The van der Waals surface area contributed by atoms with Crippen LogP contribution in [0.1, 0.15) is 16.7 Å². The smallest absolute Gasteiger partial charge is 0.129 e. The number of hydrogen-bond acceptors (Lipinski definition) is 1. The van der Waals surface area contributed by atoms with E-state index in [4.69, 9.17) is 11.6 Å². The Labute approximate surface area is 122 Å². The monoisotopic (exact) mass is 295 g/mol. The lowest BCUT2D eigenvalue weighted by molar-refractivity contribution is 0.588. The van der Waals surface area contributed by atoms with Crippen molar-refractivity contribution in [1.82, 2.24) is 5.32 Å². The van der Waals surface area contributed by atoms with E-state index in [0.717, 1.165) is 17.5 Å². The third-order valence-electron chi connectivity index (χ3n) is 3.21. The minimum absolute atomic E-state index is 0.220. The van der Waals surface area contributed by atoms with Crippen molar-refractivity contribution in [3.8, 4) is 0 Å². The molecule has 2 aromatic rings. The first-order chi connectivity index (χ1) is 9.56. The highest BCUT2D eigenvalue weighted by atomic mass is 35.5. The van der Waals surface area contributed by atoms with Crippen LogP contribution >= 0.6 is 11.6 Å². The van der Waals surface area contributed by atoms with Crippen LogP contribution in [0, 0.1) is 18.6 Å². The van der Waals surface area contributed by atoms with Crippen LogP contribution in [0.5, 0.6) is 0 Å². The second kappa shape index (κ2) is 6.82. The predicted molar refractivity (Wildman–Crippen MR) is 78.0 cm³/mol. The van der Waals surface area contributed by atoms with Crippen molar-refractivity contribution in [3.63, 3.8) is 0 Å². The highest BCUT2D eigenvalue weighted by Gasteiger charge is 2.03. The minimum atomic E-state index is -0.303. The van der Waals surface area contributed by atoms with E-state index in [-0.39, 0.29) is 11.6 Å². The molecule has 0 atom stereocenters. The Morgan fingerprint density at radius 1 is 1.05 bits per heavy atom. The molecular formula is C16H16ClF2N. The van der Waals surface area contributed by atoms with Crippen LogP contribution in [0.2, 0.25) is 5.02 Å². The maximum absolute atomic E-state index is 13.5. The molecule has 1 N–H and O–H groups in total. The van der Waals surface area contributed by atoms with Crippen LogP contribution < -0.4 is 5.32 Å². The lowest BCUT2D eigenvalue weighted by atomic mass is 10.1. The summed E-state index contributed by atoms with van der Waals surface area (Å²) in [7, 11) is 0. The van der Waals surface area contributed by atoms with E-state index >= 15 is 0 Å². The molecule has 0 heterocycles. The molecule has 106 valence electrons. The summed E-state index contributed by atoms with van der Waals surface area (Å²) < 4.78 is 26.5. The maximum atomic E-state index is 13.5. The number of hydrogen-bond donors (Lipinski definition) is 1. The van der Waals surface area contributed by atoms with Crippen LogP contribution in [0.15, 0.2) is 36.4 Å². The molecule has 20 heavy (non-hydrogen) atoms. The molecule has 0 aliphatic heterocycles. The average Bonchev–Trinajstić information content (AvgIpc) is 2.39. The summed E-state index contributed by atoms with van der Waals surface area (Å²) in [5, 5.41) is 3.57. The van der Waals surface area contributed by atoms with E-state index in [1.54, 1.807) is 18.2 Å². The molecule has 0 radical (unpaired) electrons. The van der Waals surface area contributed by atoms with Gasteiger partial charge in [0.2, 0.25) is 0 Å². The van der Waals surface area contributed by atoms with E-state index < -0.39 is 0 Å². The van der Waals surface area contributed by atoms with E-state index in [0.29, 0.717) is 23.7 Å². The SMILES string of the molecule is Cc1cc(F)ccc1CCNCc1ccc(Cl)cc1F. The Morgan fingerprint density at radius 3 is 2.50 bits per heavy atom. The van der Waals surface area contributed by atoms with Crippen molar-refractivity contribution < 1.29 is 8.78 Å². The fourth-order valence-electron chi connectivity index (χ4n) is 2.05. The van der Waals surface area contributed by atoms with Gasteiger partial charge in [-0.3, -0.25) is 0 Å². The second-order valence-corrected chi connectivity index (χ2v) is 5.17. The Morgan fingerprint density at radius 2 is 1.80 bits per heavy atom. The predicted octanol–water partition coefficient (Wildman–Crippen LogP) is 4.26. The zero-order chi connectivity index (χ0) is 14.5. The van der Waals surface area contributed by atoms with Crippen molar-refractivity contribution in [2.45, 2.75) is 19.9 Å². The molecule has 0 aliphatic rings. The van der Waals surface area contributed by atoms with Gasteiger partial charge in [-0.25, -0.2) is 8.78 Å². The fraction of sp³-hybridized carbons (Fsp3) is 0.250. The van der Waals surface area contributed by atoms with Crippen LogP contribution in [-0.4, -0.2) is 6.54 Å². The largest absolute Gasteiger partial charge is 0.312 e. The van der Waals surface area contributed by atoms with Gasteiger partial charge in [0.1, 0.15) is 11.6 Å². The molecule has 4 heteroatoms. The number of nitrogens with one attached hydrogen (secondary N) is 1. The summed E-state index contributed by atoms with van der Waals surface area (Å²) in [4.78, 5) is 0. The molecule has 0 fully saturated rings. The molecule has 0 aromatic heterocycles. The highest BCUT2D eigenvalue weighted by molar-refractivity contribution is 6.30. The van der Waals surface area contributed by atoms with Gasteiger partial charge in [-0.2, -0.15) is 0 Å². The molecule has 0 aliphatic carbocycles. The van der Waals surface area contributed by atoms with Crippen LogP contribution in [0.4, 0.5) is 8.78 Å². The normalized spacial score (nSPS) is 10.8. The third-order valence-corrected chi connectivity index (χ3v) is 3.44. The minimum Gasteiger partial charge on any atom is -0.312 e. The van der Waals surface area contributed by atoms with Crippen molar-refractivity contribution in [1.29, 1.82) is 0 Å². The topological polar surface area (TPSA) is 12.0 Å². The molecule has 2 aromatic carbocycles. The second-order valence-electron chi connectivity index (χ2n) is 4.73. The lowest BCUT2D eigenvalue weighted by Crippen LogP contribution is -2.17. The van der Waals surface area contributed by atoms with E-state index in [1.165, 1.54) is 18.2 Å². The van der Waals surface area contributed by atoms with E-state index in [9.17, 15) is 8.78 Å². The Bertz CT molecular complexity index is 546. The van der Waals surface area contributed by atoms with Gasteiger partial charge in [-0.1, -0.05) is 23.7 Å². The highest BCUT2D eigenvalue weighted by Crippen LogP contribution is 2.14. The average molecular weight is 296 g/mol. The summed E-state index contributed by atoms with van der Waals surface area (Å²) in [6.07, 6.45) is 0.779. The van der Waals surface area contributed by atoms with Crippen LogP contribution in [-0.2, 0) is 13.0 Å². The van der Waals surface area contributed by atoms with Gasteiger partial charge in [0.25, 0.3) is 0 Å². The van der Waals surface area contributed by atoms with Crippen LogP contribution in [0.25, 0.3) is 0 Å². The summed E-state index contributed by atoms with van der Waals surface area (Å²) in [6.45, 7) is 3.04. The molecule has 0 saturated heterocycles. The van der Waals surface area contributed by atoms with Gasteiger partial charge >= 0.3 is 0 Å². The quantitative estimate of drug-likeness (QED) is 0.813. The zero-order valence-corrected chi connectivity index (χ0v) is 12.0. The molecule has 0 saturated carbocycles. The summed E-state index contributed by atoms with van der Waals surface area (Å²) in [5.74, 6) is -0.523. The van der Waals surface area contributed by atoms with Gasteiger partial charge in [-0.05, 0) is 55.3 Å². The van der Waals surface area contributed by atoms with Crippen molar-refractivity contribution >= 4 is 11.6 Å². The van der Waals surface area contributed by atoms with Gasteiger partial charge < -0.3 is 5.32 Å². The van der Waals surface area contributed by atoms with Crippen molar-refractivity contribution in [2.75, 3.05) is 6.54 Å². The summed E-state index contributed by atoms with van der Waals surface area (Å²) in [5.41, 5.74) is 2.62. The number of rotatable bonds is 5. The molecule has 0 amide bonds. The standard InChI is InChI=1S/C16H16ClF2N/c1-11-8-15(18)5-3-12(11)6-7-20-10-13-2-4-14(17)9-16(13)19/h2-5,8-9,20H,6-7,10H2,1H3. The van der Waals surface area contributed by atoms with Gasteiger partial charge in [0, 0.05) is 17.1 Å². The number of benzene rings is 2. The third kappa shape index (κ3) is 4.02. The number of halogens is 3. The first-order valence-corrected chi connectivity index (χ1v) is 6.84. The first-order valence-electron chi connectivity index (χ1n) is 6.46. The molecule has 0 bridgehead atoms. The first kappa shape index (κ1) is 14.9. The van der Waals surface area contributed by atoms with Gasteiger partial charge in [0.05, 0.1) is 0 Å². The Kier molecular flexibility index (Phi) is 5.10. The maximum Gasteiger partial charge on any atom is 0.129 e. The summed E-state index contributed by atoms with van der Waals surface area (Å²) in [6, 6.07) is 9.42. The van der Waals surface area contributed by atoms with Crippen LogP contribution in [0.3, 0.4) is 0 Å². The van der Waals surface area contributed by atoms with E-state index in [1.807, 2.05) is 6.92 Å². The Hall–Kier alpha value is -1.45. The van der Waals surface area contributed by atoms with Crippen molar-refractivity contribution in [3.05, 3.63) is 69.7 Å². The zero-order valence-electron chi connectivity index (χ0n) is 11.2. The Balaban J connectivity index is 1.84. The van der Waals surface area contributed by atoms with E-state index in [2.05, 4.69) is 5.32 Å². The number of aryl methyl sites for hydroxylation is 1. The molecule has 0 unspecified atom stereocenters. The lowest BCUT2D eigenvalue weighted by Gasteiger charge is -2.08. The summed E-state index contributed by atoms with van der Waals surface area (Å²) >= 11 is 5.70. The van der Waals surface area contributed by atoms with Crippen molar-refractivity contribution in [2.24, 2.45) is 0 Å². The van der Waals surface area contributed by atoms with Gasteiger partial charge in [0.15, 0.2) is 0 Å². The van der Waals surface area contributed by atoms with Gasteiger partial charge in [-0.15, -0.1) is 0 Å². The fourth-order valence-corrected chi connectivity index (χ4v) is 2.21.